The molecule has 1 aliphatic heterocycles. The number of thioether (sulfide) groups is 1. The molecule has 0 spiro atoms. The van der Waals surface area contributed by atoms with Crippen LogP contribution in [0.2, 0.25) is 0 Å². The molecule has 10 heteroatoms. The zero-order valence-electron chi connectivity index (χ0n) is 13.4. The number of hydrogen-bond acceptors (Lipinski definition) is 6. The van der Waals surface area contributed by atoms with Gasteiger partial charge < -0.3 is 4.74 Å². The summed E-state index contributed by atoms with van der Waals surface area (Å²) < 4.78 is 7.10. The van der Waals surface area contributed by atoms with Crippen molar-refractivity contribution < 1.29 is 19.2 Å². The van der Waals surface area contributed by atoms with Crippen molar-refractivity contribution in [3.8, 4) is 5.75 Å². The van der Waals surface area contributed by atoms with Crippen LogP contribution in [-0.2, 0) is 11.4 Å². The Balaban J connectivity index is 1.75. The molecule has 1 aliphatic rings. The molecule has 0 unspecified atom stereocenters. The van der Waals surface area contributed by atoms with Gasteiger partial charge in [0.2, 0.25) is 0 Å². The van der Waals surface area contributed by atoms with Gasteiger partial charge in [-0.05, 0) is 85.1 Å². The number of amides is 2. The number of rotatable bonds is 5. The summed E-state index contributed by atoms with van der Waals surface area (Å²) in [5.41, 5.74) is 1.51. The molecule has 1 heterocycles. The molecule has 7 nitrogen and oxygen atoms in total. The molecule has 1 fully saturated rings. The van der Waals surface area contributed by atoms with Gasteiger partial charge in [0.05, 0.1) is 18.8 Å². The fraction of sp³-hybridized carbons (Fsp3) is 0.0588. The molecule has 27 heavy (non-hydrogen) atoms. The van der Waals surface area contributed by atoms with Crippen LogP contribution in [0.1, 0.15) is 11.1 Å². The highest BCUT2D eigenvalue weighted by Crippen LogP contribution is 2.37. The van der Waals surface area contributed by atoms with Crippen LogP contribution in [0.4, 0.5) is 10.5 Å². The highest BCUT2D eigenvalue weighted by molar-refractivity contribution is 9.11. The lowest BCUT2D eigenvalue weighted by Crippen LogP contribution is -2.17. The monoisotopic (exact) mass is 512 g/mol. The first-order valence-electron chi connectivity index (χ1n) is 7.43. The van der Waals surface area contributed by atoms with Crippen molar-refractivity contribution in [3.05, 3.63) is 71.5 Å². The standard InChI is InChI=1S/C17H10Br2N2O5S/c18-12-5-10(7-14-16(22)20-17(23)27-14)6-13(19)15(12)26-8-9-1-3-11(4-2-9)21(24)25/h1-7H,8H2,(H,20,22,23)/b14-7-. The summed E-state index contributed by atoms with van der Waals surface area (Å²) in [7, 11) is 0. The molecule has 0 aromatic heterocycles. The second kappa shape index (κ2) is 8.24. The van der Waals surface area contributed by atoms with E-state index >= 15 is 0 Å². The third-order valence-corrected chi connectivity index (χ3v) is 5.48. The van der Waals surface area contributed by atoms with Gasteiger partial charge in [-0.3, -0.25) is 25.0 Å². The van der Waals surface area contributed by atoms with Crippen molar-refractivity contribution in [2.24, 2.45) is 0 Å². The average Bonchev–Trinajstić information content (AvgIpc) is 2.91. The molecule has 0 atom stereocenters. The van der Waals surface area contributed by atoms with Crippen LogP contribution in [0, 0.1) is 10.1 Å². The van der Waals surface area contributed by atoms with E-state index in [9.17, 15) is 19.7 Å². The van der Waals surface area contributed by atoms with E-state index in [-0.39, 0.29) is 12.3 Å². The van der Waals surface area contributed by atoms with Crippen molar-refractivity contribution in [2.75, 3.05) is 0 Å². The van der Waals surface area contributed by atoms with Crippen LogP contribution in [0.5, 0.6) is 5.75 Å². The Bertz CT molecular complexity index is 953. The molecule has 0 radical (unpaired) electrons. The quantitative estimate of drug-likeness (QED) is 0.342. The van der Waals surface area contributed by atoms with Crippen LogP contribution in [0.25, 0.3) is 6.08 Å². The molecule has 1 N–H and O–H groups in total. The third kappa shape index (κ3) is 4.76. The van der Waals surface area contributed by atoms with Gasteiger partial charge in [-0.15, -0.1) is 0 Å². The minimum atomic E-state index is -0.457. The smallest absolute Gasteiger partial charge is 0.290 e. The molecular formula is C17H10Br2N2O5S. The van der Waals surface area contributed by atoms with Crippen LogP contribution in [-0.4, -0.2) is 16.1 Å². The zero-order valence-corrected chi connectivity index (χ0v) is 17.4. The van der Waals surface area contributed by atoms with Crippen LogP contribution < -0.4 is 10.1 Å². The Labute approximate surface area is 174 Å². The highest BCUT2D eigenvalue weighted by Gasteiger charge is 2.25. The number of nitrogens with zero attached hydrogens (tertiary/aromatic N) is 1. The van der Waals surface area contributed by atoms with Gasteiger partial charge in [0.25, 0.3) is 16.8 Å². The summed E-state index contributed by atoms with van der Waals surface area (Å²) in [5, 5.41) is 12.5. The maximum Gasteiger partial charge on any atom is 0.290 e. The van der Waals surface area contributed by atoms with Crippen LogP contribution in [0.15, 0.2) is 50.2 Å². The number of carbonyl (C=O) groups excluding carboxylic acids is 2. The largest absolute Gasteiger partial charge is 0.487 e. The topological polar surface area (TPSA) is 98.5 Å². The van der Waals surface area contributed by atoms with Crippen molar-refractivity contribution in [1.82, 2.24) is 5.32 Å². The first kappa shape index (κ1) is 19.6. The molecule has 3 rings (SSSR count). The molecule has 1 saturated heterocycles. The summed E-state index contributed by atoms with van der Waals surface area (Å²) in [6.07, 6.45) is 1.61. The van der Waals surface area contributed by atoms with Gasteiger partial charge >= 0.3 is 0 Å². The summed E-state index contributed by atoms with van der Waals surface area (Å²) in [5.74, 6) is 0.130. The van der Waals surface area contributed by atoms with Gasteiger partial charge in [-0.25, -0.2) is 0 Å². The SMILES string of the molecule is O=C1NC(=O)/C(=C/c2cc(Br)c(OCc3ccc([N+](=O)[O-])cc3)c(Br)c2)S1. The van der Waals surface area contributed by atoms with E-state index in [0.717, 1.165) is 17.3 Å². The number of nitro groups is 1. The first-order valence-corrected chi connectivity index (χ1v) is 9.84. The number of carbonyl (C=O) groups is 2. The number of nitrogens with one attached hydrogen (secondary N) is 1. The Morgan fingerprint density at radius 3 is 2.30 bits per heavy atom. The van der Waals surface area contributed by atoms with E-state index in [0.29, 0.717) is 25.2 Å². The van der Waals surface area contributed by atoms with E-state index in [1.54, 1.807) is 30.3 Å². The van der Waals surface area contributed by atoms with Crippen molar-refractivity contribution in [1.29, 1.82) is 0 Å². The van der Waals surface area contributed by atoms with Gasteiger partial charge in [0, 0.05) is 12.1 Å². The van der Waals surface area contributed by atoms with Crippen LogP contribution >= 0.6 is 43.6 Å². The van der Waals surface area contributed by atoms with Crippen molar-refractivity contribution in [3.63, 3.8) is 0 Å². The molecule has 0 saturated carbocycles. The molecule has 2 aromatic carbocycles. The second-order valence-corrected chi connectivity index (χ2v) is 8.10. The maximum absolute atomic E-state index is 11.6. The van der Waals surface area contributed by atoms with Gasteiger partial charge in [-0.1, -0.05) is 0 Å². The lowest BCUT2D eigenvalue weighted by molar-refractivity contribution is -0.384. The van der Waals surface area contributed by atoms with Gasteiger partial charge in [0.15, 0.2) is 0 Å². The van der Waals surface area contributed by atoms with E-state index in [2.05, 4.69) is 37.2 Å². The third-order valence-electron chi connectivity index (χ3n) is 3.49. The molecule has 0 aliphatic carbocycles. The number of hydrogen-bond donors (Lipinski definition) is 1. The predicted octanol–water partition coefficient (Wildman–Crippen LogP) is 5.02. The Morgan fingerprint density at radius 2 is 1.78 bits per heavy atom. The maximum atomic E-state index is 11.6. The summed E-state index contributed by atoms with van der Waals surface area (Å²) >= 11 is 7.71. The van der Waals surface area contributed by atoms with Crippen molar-refractivity contribution in [2.45, 2.75) is 6.61 Å². The van der Waals surface area contributed by atoms with Gasteiger partial charge in [0.1, 0.15) is 12.4 Å². The van der Waals surface area contributed by atoms with Crippen molar-refractivity contribution >= 4 is 66.5 Å². The van der Waals surface area contributed by atoms with E-state index in [1.807, 2.05) is 0 Å². The molecule has 2 amide bonds. The average molecular weight is 514 g/mol. The summed E-state index contributed by atoms with van der Waals surface area (Å²) in [4.78, 5) is 33.4. The zero-order chi connectivity index (χ0) is 19.6. The molecule has 0 bridgehead atoms. The summed E-state index contributed by atoms with van der Waals surface area (Å²) in [6, 6.07) is 9.63. The molecular weight excluding hydrogens is 504 g/mol. The lowest BCUT2D eigenvalue weighted by atomic mass is 10.2. The number of nitro benzene ring substituents is 1. The highest BCUT2D eigenvalue weighted by atomic mass is 79.9. The lowest BCUT2D eigenvalue weighted by Gasteiger charge is -2.11. The normalized spacial score (nSPS) is 15.1. The van der Waals surface area contributed by atoms with E-state index in [1.165, 1.54) is 12.1 Å². The molecule has 2 aromatic rings. The Hall–Kier alpha value is -2.17. The minimum Gasteiger partial charge on any atom is -0.487 e. The van der Waals surface area contributed by atoms with Gasteiger partial charge in [-0.2, -0.15) is 0 Å². The number of ether oxygens (including phenoxy) is 1. The summed E-state index contributed by atoms with van der Waals surface area (Å²) in [6.45, 7) is 0.225. The van der Waals surface area contributed by atoms with E-state index in [4.69, 9.17) is 4.74 Å². The number of benzene rings is 2. The predicted molar refractivity (Wildman–Crippen MR) is 108 cm³/mol. The Kier molecular flexibility index (Phi) is 5.98. The fourth-order valence-electron chi connectivity index (χ4n) is 2.24. The van der Waals surface area contributed by atoms with E-state index < -0.39 is 16.1 Å². The Morgan fingerprint density at radius 1 is 1.15 bits per heavy atom. The second-order valence-electron chi connectivity index (χ2n) is 5.38. The first-order chi connectivity index (χ1) is 12.8. The fourth-order valence-corrected chi connectivity index (χ4v) is 4.38. The molecule has 138 valence electrons. The number of imide groups is 1. The minimum absolute atomic E-state index is 0.0193. The number of non-ortho nitro benzene ring substituents is 1. The van der Waals surface area contributed by atoms with Crippen LogP contribution in [0.3, 0.4) is 0 Å². The number of halogens is 2.